The molecule has 0 bridgehead atoms. The number of nitrogens with zero attached hydrogens (tertiary/aromatic N) is 1. The first-order chi connectivity index (χ1) is 6.36. The van der Waals surface area contributed by atoms with Crippen molar-refractivity contribution in [1.29, 1.82) is 0 Å². The predicted octanol–water partition coefficient (Wildman–Crippen LogP) is 0.202. The average molecular weight is 171 g/mol. The molecular formula is C11H9NO. The molecular weight excluding hydrogens is 162 g/mol. The van der Waals surface area contributed by atoms with Crippen molar-refractivity contribution in [2.24, 2.45) is 4.99 Å². The first-order valence-electron chi connectivity index (χ1n) is 4.55. The molecule has 1 fully saturated rings. The number of rotatable bonds is 0. The van der Waals surface area contributed by atoms with Gasteiger partial charge in [-0.3, -0.25) is 9.79 Å². The van der Waals surface area contributed by atoms with Crippen LogP contribution in [0.25, 0.3) is 5.57 Å². The standard InChI is InChI=1S/C11H9NO/c13-10-6-5-8-7-3-1-2-4-9(7)12-11(8)10/h1-4,11H,5-6H2. The van der Waals surface area contributed by atoms with Gasteiger partial charge in [0.05, 0.1) is 5.36 Å². The second kappa shape index (κ2) is 2.28. The van der Waals surface area contributed by atoms with Crippen LogP contribution in [0.4, 0.5) is 0 Å². The van der Waals surface area contributed by atoms with Crippen molar-refractivity contribution in [2.45, 2.75) is 18.9 Å². The number of Topliss-reactive ketones (excluding diaryl/α,β-unsaturated/α-hetero) is 1. The highest BCUT2D eigenvalue weighted by atomic mass is 16.1. The number of carbonyl (C=O) groups is 1. The molecule has 1 saturated carbocycles. The molecule has 1 atom stereocenters. The lowest BCUT2D eigenvalue weighted by molar-refractivity contribution is -0.117. The molecule has 0 N–H and O–H groups in total. The molecule has 1 aromatic rings. The molecule has 0 radical (unpaired) electrons. The summed E-state index contributed by atoms with van der Waals surface area (Å²) < 4.78 is 0. The van der Waals surface area contributed by atoms with Crippen LogP contribution in [-0.2, 0) is 4.79 Å². The van der Waals surface area contributed by atoms with Crippen LogP contribution in [0.1, 0.15) is 12.8 Å². The van der Waals surface area contributed by atoms with Crippen LogP contribution in [0, 0.1) is 0 Å². The third-order valence-electron chi connectivity index (χ3n) is 2.79. The molecule has 64 valence electrons. The Hall–Kier alpha value is -1.44. The Kier molecular flexibility index (Phi) is 1.23. The topological polar surface area (TPSA) is 29.4 Å². The quantitative estimate of drug-likeness (QED) is 0.548. The molecule has 13 heavy (non-hydrogen) atoms. The second-order valence-corrected chi connectivity index (χ2v) is 3.54. The van der Waals surface area contributed by atoms with E-state index in [2.05, 4.69) is 11.1 Å². The van der Waals surface area contributed by atoms with Gasteiger partial charge in [-0.2, -0.15) is 0 Å². The number of fused-ring (bicyclic) bond motifs is 2. The summed E-state index contributed by atoms with van der Waals surface area (Å²) in [7, 11) is 0. The maximum absolute atomic E-state index is 11.4. The maximum Gasteiger partial charge on any atom is 0.161 e. The van der Waals surface area contributed by atoms with Gasteiger partial charge >= 0.3 is 0 Å². The van der Waals surface area contributed by atoms with Gasteiger partial charge in [0.2, 0.25) is 0 Å². The molecule has 2 aliphatic rings. The summed E-state index contributed by atoms with van der Waals surface area (Å²) in [5, 5.41) is 2.19. The first kappa shape index (κ1) is 7.01. The van der Waals surface area contributed by atoms with Crippen LogP contribution >= 0.6 is 0 Å². The smallest absolute Gasteiger partial charge is 0.161 e. The third-order valence-corrected chi connectivity index (χ3v) is 2.79. The van der Waals surface area contributed by atoms with Gasteiger partial charge < -0.3 is 0 Å². The molecule has 2 heteroatoms. The van der Waals surface area contributed by atoms with Gasteiger partial charge in [-0.05, 0) is 18.1 Å². The Labute approximate surface area is 75.6 Å². The Morgan fingerprint density at radius 3 is 3.00 bits per heavy atom. The van der Waals surface area contributed by atoms with Crippen LogP contribution < -0.4 is 10.6 Å². The number of benzene rings is 1. The molecule has 1 aromatic carbocycles. The van der Waals surface area contributed by atoms with Gasteiger partial charge in [0.25, 0.3) is 0 Å². The summed E-state index contributed by atoms with van der Waals surface area (Å²) in [6, 6.07) is 7.89. The van der Waals surface area contributed by atoms with E-state index in [1.54, 1.807) is 0 Å². The number of para-hydroxylation sites is 1. The van der Waals surface area contributed by atoms with Crippen molar-refractivity contribution in [1.82, 2.24) is 0 Å². The molecule has 3 rings (SSSR count). The highest BCUT2D eigenvalue weighted by molar-refractivity contribution is 5.99. The molecule has 0 spiro atoms. The highest BCUT2D eigenvalue weighted by Gasteiger charge is 2.31. The van der Waals surface area contributed by atoms with E-state index in [4.69, 9.17) is 0 Å². The Morgan fingerprint density at radius 1 is 1.23 bits per heavy atom. The lowest BCUT2D eigenvalue weighted by Gasteiger charge is -1.95. The SMILES string of the molecule is O=C1CCC2=c3ccccc3=NC12. The summed E-state index contributed by atoms with van der Waals surface area (Å²) in [4.78, 5) is 15.8. The van der Waals surface area contributed by atoms with E-state index in [0.717, 1.165) is 11.8 Å². The average Bonchev–Trinajstić information content (AvgIpc) is 2.67. The summed E-state index contributed by atoms with van der Waals surface area (Å²) in [6.45, 7) is 0. The molecule has 0 aromatic heterocycles. The Bertz CT molecular complexity index is 501. The van der Waals surface area contributed by atoms with E-state index in [-0.39, 0.29) is 11.8 Å². The normalized spacial score (nSPS) is 24.2. The van der Waals surface area contributed by atoms with E-state index >= 15 is 0 Å². The van der Waals surface area contributed by atoms with Crippen molar-refractivity contribution >= 4 is 11.4 Å². The lowest BCUT2D eigenvalue weighted by atomic mass is 10.1. The first-order valence-corrected chi connectivity index (χ1v) is 4.55. The largest absolute Gasteiger partial charge is 0.297 e. The van der Waals surface area contributed by atoms with Crippen LogP contribution in [0.2, 0.25) is 0 Å². The van der Waals surface area contributed by atoms with E-state index in [0.29, 0.717) is 6.42 Å². The fourth-order valence-corrected chi connectivity index (χ4v) is 2.15. The summed E-state index contributed by atoms with van der Waals surface area (Å²) in [5.74, 6) is 0.284. The summed E-state index contributed by atoms with van der Waals surface area (Å²) in [6.07, 6.45) is 1.59. The monoisotopic (exact) mass is 171 g/mol. The molecule has 0 saturated heterocycles. The zero-order valence-electron chi connectivity index (χ0n) is 7.16. The number of ketones is 1. The van der Waals surface area contributed by atoms with Crippen molar-refractivity contribution in [2.75, 3.05) is 0 Å². The van der Waals surface area contributed by atoms with Gasteiger partial charge in [0, 0.05) is 11.6 Å². The molecule has 1 aliphatic carbocycles. The van der Waals surface area contributed by atoms with Gasteiger partial charge in [-0.25, -0.2) is 0 Å². The minimum atomic E-state index is -0.127. The van der Waals surface area contributed by atoms with E-state index < -0.39 is 0 Å². The Balaban J connectivity index is 2.40. The van der Waals surface area contributed by atoms with Crippen molar-refractivity contribution in [3.63, 3.8) is 0 Å². The van der Waals surface area contributed by atoms with Gasteiger partial charge in [-0.15, -0.1) is 0 Å². The maximum atomic E-state index is 11.4. The summed E-state index contributed by atoms with van der Waals surface area (Å²) >= 11 is 0. The van der Waals surface area contributed by atoms with Crippen molar-refractivity contribution in [3.05, 3.63) is 34.8 Å². The van der Waals surface area contributed by atoms with E-state index in [1.165, 1.54) is 10.8 Å². The molecule has 1 aliphatic heterocycles. The fourth-order valence-electron chi connectivity index (χ4n) is 2.15. The third kappa shape index (κ3) is 0.829. The minimum absolute atomic E-state index is 0.127. The number of carbonyl (C=O) groups excluding carboxylic acids is 1. The molecule has 2 nitrogen and oxygen atoms in total. The summed E-state index contributed by atoms with van der Waals surface area (Å²) in [5.41, 5.74) is 1.24. The van der Waals surface area contributed by atoms with Gasteiger partial charge in [-0.1, -0.05) is 18.2 Å². The molecule has 0 amide bonds. The number of hydrogen-bond donors (Lipinski definition) is 0. The van der Waals surface area contributed by atoms with Crippen LogP contribution in [0.15, 0.2) is 29.3 Å². The van der Waals surface area contributed by atoms with E-state index in [9.17, 15) is 4.79 Å². The fraction of sp³-hybridized carbons (Fsp3) is 0.273. The second-order valence-electron chi connectivity index (χ2n) is 3.54. The van der Waals surface area contributed by atoms with Gasteiger partial charge in [0.15, 0.2) is 5.78 Å². The lowest BCUT2D eigenvalue weighted by Crippen LogP contribution is -2.21. The predicted molar refractivity (Wildman–Crippen MR) is 48.7 cm³/mol. The zero-order chi connectivity index (χ0) is 8.84. The zero-order valence-corrected chi connectivity index (χ0v) is 7.16. The van der Waals surface area contributed by atoms with Crippen LogP contribution in [0.5, 0.6) is 0 Å². The van der Waals surface area contributed by atoms with Crippen LogP contribution in [-0.4, -0.2) is 11.8 Å². The van der Waals surface area contributed by atoms with Gasteiger partial charge in [0.1, 0.15) is 6.04 Å². The minimum Gasteiger partial charge on any atom is -0.297 e. The van der Waals surface area contributed by atoms with Crippen molar-refractivity contribution < 1.29 is 4.79 Å². The number of hydrogen-bond acceptors (Lipinski definition) is 2. The molecule has 1 heterocycles. The molecule has 1 unspecified atom stereocenters. The van der Waals surface area contributed by atoms with E-state index in [1.807, 2.05) is 18.2 Å². The van der Waals surface area contributed by atoms with Crippen molar-refractivity contribution in [3.8, 4) is 0 Å². The highest BCUT2D eigenvalue weighted by Crippen LogP contribution is 2.25. The Morgan fingerprint density at radius 2 is 2.08 bits per heavy atom. The van der Waals surface area contributed by atoms with Crippen LogP contribution in [0.3, 0.4) is 0 Å².